The molecule has 0 spiro atoms. The van der Waals surface area contributed by atoms with Gasteiger partial charge in [0, 0.05) is 54.5 Å². The van der Waals surface area contributed by atoms with E-state index in [1.807, 2.05) is 60.3 Å². The van der Waals surface area contributed by atoms with Gasteiger partial charge in [-0.2, -0.15) is 11.8 Å². The van der Waals surface area contributed by atoms with Crippen LogP contribution in [0.15, 0.2) is 48.5 Å². The van der Waals surface area contributed by atoms with Crippen molar-refractivity contribution in [3.05, 3.63) is 65.2 Å². The molecule has 47 heavy (non-hydrogen) atoms. The van der Waals surface area contributed by atoms with Crippen molar-refractivity contribution >= 4 is 41.2 Å². The smallest absolute Gasteiger partial charge is 0.315 e. The number of thioether (sulfide) groups is 1. The molecule has 3 atom stereocenters. The Hall–Kier alpha value is -4.05. The summed E-state index contributed by atoms with van der Waals surface area (Å²) in [5, 5.41) is 12.0. The first-order valence-corrected chi connectivity index (χ1v) is 17.4. The zero-order valence-electron chi connectivity index (χ0n) is 26.6. The lowest BCUT2D eigenvalue weighted by molar-refractivity contribution is -0.123. The minimum absolute atomic E-state index is 0.0108. The molecule has 0 bridgehead atoms. The van der Waals surface area contributed by atoms with Crippen LogP contribution < -0.4 is 26.2 Å². The van der Waals surface area contributed by atoms with Gasteiger partial charge in [0.15, 0.2) is 0 Å². The highest BCUT2D eigenvalue weighted by Crippen LogP contribution is 2.33. The van der Waals surface area contributed by atoms with E-state index in [-0.39, 0.29) is 61.8 Å². The molecule has 2 saturated heterocycles. The highest BCUT2D eigenvalue weighted by molar-refractivity contribution is 8.00. The predicted molar refractivity (Wildman–Crippen MR) is 181 cm³/mol. The molecule has 0 aromatic heterocycles. The molecule has 2 aromatic carbocycles. The van der Waals surface area contributed by atoms with Gasteiger partial charge in [-0.25, -0.2) is 4.79 Å². The van der Waals surface area contributed by atoms with Crippen LogP contribution in [-0.4, -0.2) is 86.4 Å². The summed E-state index contributed by atoms with van der Waals surface area (Å²) in [5.74, 6) is 7.09. The number of urea groups is 1. The zero-order valence-corrected chi connectivity index (χ0v) is 27.4. The summed E-state index contributed by atoms with van der Waals surface area (Å²) in [6.07, 6.45) is 3.59. The summed E-state index contributed by atoms with van der Waals surface area (Å²) in [4.78, 5) is 50.9. The molecule has 4 N–H and O–H groups in total. The van der Waals surface area contributed by atoms with Gasteiger partial charge in [0.2, 0.25) is 17.7 Å². The number of benzene rings is 2. The quantitative estimate of drug-likeness (QED) is 0.116. The average molecular weight is 662 g/mol. The SMILES string of the molecule is O=C(CCCCC1SCC2NC(=O)NC21)NCCOCCOCCC(=O)NCCC(=O)N1Cc2ccccc2C#Cc2ccccc21. The number of hydrogen-bond donors (Lipinski definition) is 4. The fourth-order valence-corrected chi connectivity index (χ4v) is 7.40. The van der Waals surface area contributed by atoms with Crippen LogP contribution in [0.3, 0.4) is 0 Å². The second-order valence-corrected chi connectivity index (χ2v) is 13.0. The number of nitrogens with one attached hydrogen (secondary N) is 4. The van der Waals surface area contributed by atoms with Crippen molar-refractivity contribution in [1.29, 1.82) is 0 Å². The molecule has 250 valence electrons. The Morgan fingerprint density at radius 1 is 0.830 bits per heavy atom. The second-order valence-electron chi connectivity index (χ2n) is 11.7. The van der Waals surface area contributed by atoms with Crippen LogP contribution in [0.1, 0.15) is 55.2 Å². The van der Waals surface area contributed by atoms with Gasteiger partial charge in [0.05, 0.1) is 50.7 Å². The number of nitrogens with zero attached hydrogens (tertiary/aromatic N) is 1. The van der Waals surface area contributed by atoms with Crippen molar-refractivity contribution in [2.75, 3.05) is 50.2 Å². The first kappa shape index (κ1) is 34.3. The summed E-state index contributed by atoms with van der Waals surface area (Å²) in [5.41, 5.74) is 3.45. The number of para-hydroxylation sites is 1. The molecular formula is C35H43N5O6S. The van der Waals surface area contributed by atoms with E-state index in [0.717, 1.165) is 47.4 Å². The highest BCUT2D eigenvalue weighted by atomic mass is 32.2. The molecule has 2 fully saturated rings. The van der Waals surface area contributed by atoms with E-state index in [4.69, 9.17) is 9.47 Å². The lowest BCUT2D eigenvalue weighted by Gasteiger charge is -2.26. The van der Waals surface area contributed by atoms with E-state index in [9.17, 15) is 19.2 Å². The standard InChI is InChI=1S/C35H43N5O6S/c41-31(12-6-5-11-30-34-28(24-47-30)38-35(44)39-34)37-18-20-46-22-21-45-19-16-32(42)36-17-15-33(43)40-23-27-9-2-1-7-25(27)13-14-26-8-3-4-10-29(26)40/h1-4,7-10,28,30,34H,5-6,11-12,15-24H2,(H,36,42)(H,37,41)(H2,38,39,44). The minimum atomic E-state index is -0.181. The maximum Gasteiger partial charge on any atom is 0.315 e. The molecule has 5 rings (SSSR count). The van der Waals surface area contributed by atoms with Gasteiger partial charge in [-0.1, -0.05) is 48.6 Å². The van der Waals surface area contributed by atoms with E-state index < -0.39 is 0 Å². The van der Waals surface area contributed by atoms with Crippen molar-refractivity contribution in [3.8, 4) is 11.8 Å². The number of amides is 5. The fraction of sp³-hybridized carbons (Fsp3) is 0.486. The Balaban J connectivity index is 0.863. The molecule has 0 aliphatic carbocycles. The zero-order chi connectivity index (χ0) is 32.8. The summed E-state index contributed by atoms with van der Waals surface area (Å²) in [7, 11) is 0. The molecule has 0 saturated carbocycles. The highest BCUT2D eigenvalue weighted by Gasteiger charge is 2.42. The Kier molecular flexibility index (Phi) is 13.0. The molecule has 0 radical (unpaired) electrons. The Morgan fingerprint density at radius 2 is 1.55 bits per heavy atom. The largest absolute Gasteiger partial charge is 0.379 e. The van der Waals surface area contributed by atoms with Gasteiger partial charge in [0.1, 0.15) is 0 Å². The Morgan fingerprint density at radius 3 is 2.43 bits per heavy atom. The van der Waals surface area contributed by atoms with Crippen molar-refractivity contribution in [2.45, 2.75) is 62.4 Å². The third kappa shape index (κ3) is 10.2. The number of unbranched alkanes of at least 4 members (excludes halogenated alkanes) is 1. The summed E-state index contributed by atoms with van der Waals surface area (Å²) < 4.78 is 11.0. The second kappa shape index (κ2) is 17.8. The topological polar surface area (TPSA) is 138 Å². The van der Waals surface area contributed by atoms with Crippen molar-refractivity contribution in [3.63, 3.8) is 0 Å². The van der Waals surface area contributed by atoms with Crippen LogP contribution in [0.5, 0.6) is 0 Å². The van der Waals surface area contributed by atoms with Crippen molar-refractivity contribution < 1.29 is 28.7 Å². The normalized spacial score (nSPS) is 19.1. The molecule has 11 nitrogen and oxygen atoms in total. The molecule has 12 heteroatoms. The maximum absolute atomic E-state index is 13.3. The van der Waals surface area contributed by atoms with Crippen LogP contribution in [0.25, 0.3) is 0 Å². The van der Waals surface area contributed by atoms with Crippen molar-refractivity contribution in [1.82, 2.24) is 21.3 Å². The Bertz CT molecular complexity index is 1480. The summed E-state index contributed by atoms with van der Waals surface area (Å²) >= 11 is 1.89. The average Bonchev–Trinajstić information content (AvgIpc) is 3.62. The van der Waals surface area contributed by atoms with Gasteiger partial charge in [-0.15, -0.1) is 0 Å². The summed E-state index contributed by atoms with van der Waals surface area (Å²) in [6, 6.07) is 15.8. The lowest BCUT2D eigenvalue weighted by Crippen LogP contribution is -2.36. The third-order valence-corrected chi connectivity index (χ3v) is 9.84. The van der Waals surface area contributed by atoms with Gasteiger partial charge < -0.3 is 35.6 Å². The van der Waals surface area contributed by atoms with Crippen LogP contribution in [0.4, 0.5) is 10.5 Å². The Labute approximate surface area is 280 Å². The van der Waals surface area contributed by atoms with E-state index in [1.54, 1.807) is 4.90 Å². The predicted octanol–water partition coefficient (Wildman–Crippen LogP) is 2.70. The molecule has 3 unspecified atom stereocenters. The molecule has 3 heterocycles. The number of anilines is 1. The van der Waals surface area contributed by atoms with Gasteiger partial charge in [-0.3, -0.25) is 14.4 Å². The fourth-order valence-electron chi connectivity index (χ4n) is 5.85. The van der Waals surface area contributed by atoms with E-state index in [2.05, 4.69) is 33.1 Å². The van der Waals surface area contributed by atoms with Gasteiger partial charge in [-0.05, 0) is 36.6 Å². The third-order valence-electron chi connectivity index (χ3n) is 8.33. The van der Waals surface area contributed by atoms with E-state index in [0.29, 0.717) is 44.6 Å². The molecule has 2 aromatic rings. The van der Waals surface area contributed by atoms with Gasteiger partial charge in [0.25, 0.3) is 0 Å². The van der Waals surface area contributed by atoms with Crippen molar-refractivity contribution in [2.24, 2.45) is 0 Å². The molecule has 5 amide bonds. The first-order chi connectivity index (χ1) is 23.0. The monoisotopic (exact) mass is 661 g/mol. The number of hydrogen-bond acceptors (Lipinski definition) is 7. The van der Waals surface area contributed by atoms with Gasteiger partial charge >= 0.3 is 6.03 Å². The number of ether oxygens (including phenoxy) is 2. The maximum atomic E-state index is 13.3. The van der Waals surface area contributed by atoms with Crippen LogP contribution in [-0.2, 0) is 30.4 Å². The van der Waals surface area contributed by atoms with Crippen LogP contribution >= 0.6 is 11.8 Å². The van der Waals surface area contributed by atoms with Crippen LogP contribution in [0.2, 0.25) is 0 Å². The van der Waals surface area contributed by atoms with E-state index >= 15 is 0 Å². The van der Waals surface area contributed by atoms with E-state index in [1.165, 1.54) is 0 Å². The molecular weight excluding hydrogens is 618 g/mol. The molecule has 3 aliphatic heterocycles. The number of fused-ring (bicyclic) bond motifs is 3. The lowest BCUT2D eigenvalue weighted by atomic mass is 10.0. The first-order valence-electron chi connectivity index (χ1n) is 16.3. The number of carbonyl (C=O) groups is 4. The number of carbonyl (C=O) groups excluding carboxylic acids is 4. The summed E-state index contributed by atoms with van der Waals surface area (Å²) in [6.45, 7) is 2.42. The molecule has 3 aliphatic rings. The number of rotatable bonds is 17. The van der Waals surface area contributed by atoms with Crippen LogP contribution in [0, 0.1) is 11.8 Å². The minimum Gasteiger partial charge on any atom is -0.379 e.